The van der Waals surface area contributed by atoms with Gasteiger partial charge in [0, 0.05) is 18.7 Å². The Labute approximate surface area is 98.2 Å². The zero-order chi connectivity index (χ0) is 12.4. The predicted octanol–water partition coefficient (Wildman–Crippen LogP) is 1.28. The van der Waals surface area contributed by atoms with Crippen molar-refractivity contribution in [1.29, 1.82) is 0 Å². The minimum atomic E-state index is -0.723. The molecule has 1 aliphatic carbocycles. The maximum Gasteiger partial charge on any atom is 0.168 e. The Morgan fingerprint density at radius 3 is 2.94 bits per heavy atom. The van der Waals surface area contributed by atoms with E-state index in [-0.39, 0.29) is 24.0 Å². The molecule has 3 N–H and O–H groups in total. The largest absolute Gasteiger partial charge is 0.376 e. The maximum absolute atomic E-state index is 13.4. The van der Waals surface area contributed by atoms with Gasteiger partial charge in [-0.15, -0.1) is 0 Å². The first-order valence-electron chi connectivity index (χ1n) is 5.56. The molecule has 0 bridgehead atoms. The average Bonchev–Trinajstić information content (AvgIpc) is 2.27. The van der Waals surface area contributed by atoms with Crippen LogP contribution in [0.3, 0.4) is 0 Å². The second-order valence-electron chi connectivity index (χ2n) is 4.05. The van der Waals surface area contributed by atoms with E-state index in [1.54, 1.807) is 0 Å². The van der Waals surface area contributed by atoms with Crippen LogP contribution in [0.4, 0.5) is 14.6 Å². The fourth-order valence-electron chi connectivity index (χ4n) is 1.91. The molecular formula is C11H15F2N3O. The number of nitrogens with two attached hydrogens (primary N) is 1. The molecule has 4 nitrogen and oxygen atoms in total. The lowest BCUT2D eigenvalue weighted by Crippen LogP contribution is -2.60. The highest BCUT2D eigenvalue weighted by Gasteiger charge is 2.39. The molecule has 0 aromatic carbocycles. The summed E-state index contributed by atoms with van der Waals surface area (Å²) in [7, 11) is 0. The monoisotopic (exact) mass is 243 g/mol. The molecule has 6 heteroatoms. The molecule has 2 rings (SSSR count). The smallest absolute Gasteiger partial charge is 0.168 e. The second-order valence-corrected chi connectivity index (χ2v) is 4.05. The van der Waals surface area contributed by atoms with Gasteiger partial charge in [0.25, 0.3) is 0 Å². The molecule has 94 valence electrons. The van der Waals surface area contributed by atoms with Gasteiger partial charge in [0.15, 0.2) is 11.6 Å². The zero-order valence-electron chi connectivity index (χ0n) is 9.49. The van der Waals surface area contributed by atoms with E-state index in [4.69, 9.17) is 10.5 Å². The molecule has 0 radical (unpaired) electrons. The van der Waals surface area contributed by atoms with Crippen molar-refractivity contribution in [3.8, 4) is 0 Å². The summed E-state index contributed by atoms with van der Waals surface area (Å²) in [6.45, 7) is 2.46. The van der Waals surface area contributed by atoms with E-state index in [9.17, 15) is 8.78 Å². The van der Waals surface area contributed by atoms with Crippen LogP contribution < -0.4 is 11.1 Å². The molecule has 1 fully saturated rings. The highest BCUT2D eigenvalue weighted by Crippen LogP contribution is 2.26. The summed E-state index contributed by atoms with van der Waals surface area (Å²) < 4.78 is 31.5. The number of aromatic nitrogens is 1. The van der Waals surface area contributed by atoms with E-state index in [1.807, 2.05) is 6.92 Å². The Kier molecular flexibility index (Phi) is 3.54. The molecule has 0 saturated heterocycles. The van der Waals surface area contributed by atoms with Crippen LogP contribution in [0.15, 0.2) is 12.3 Å². The Morgan fingerprint density at radius 1 is 1.59 bits per heavy atom. The third kappa shape index (κ3) is 2.53. The Hall–Kier alpha value is -1.27. The number of pyridine rings is 1. The van der Waals surface area contributed by atoms with E-state index >= 15 is 0 Å². The number of halogens is 2. The minimum Gasteiger partial charge on any atom is -0.376 e. The molecular weight excluding hydrogens is 228 g/mol. The third-order valence-corrected chi connectivity index (χ3v) is 2.86. The van der Waals surface area contributed by atoms with Gasteiger partial charge in [-0.1, -0.05) is 0 Å². The summed E-state index contributed by atoms with van der Waals surface area (Å²) in [6.07, 6.45) is 1.65. The molecule has 1 heterocycles. The van der Waals surface area contributed by atoms with Crippen molar-refractivity contribution >= 4 is 5.82 Å². The molecule has 3 atom stereocenters. The summed E-state index contributed by atoms with van der Waals surface area (Å²) in [6, 6.07) is 0.509. The molecule has 0 aliphatic heterocycles. The lowest BCUT2D eigenvalue weighted by molar-refractivity contribution is -0.0128. The number of nitrogens with one attached hydrogen (secondary N) is 1. The van der Waals surface area contributed by atoms with Gasteiger partial charge in [0.05, 0.1) is 18.3 Å². The van der Waals surface area contributed by atoms with Crippen molar-refractivity contribution in [2.75, 3.05) is 11.9 Å². The fourth-order valence-corrected chi connectivity index (χ4v) is 1.91. The van der Waals surface area contributed by atoms with E-state index in [0.29, 0.717) is 6.61 Å². The Balaban J connectivity index is 2.04. The summed E-state index contributed by atoms with van der Waals surface area (Å²) in [5, 5.41) is 2.86. The molecule has 1 aromatic rings. The summed E-state index contributed by atoms with van der Waals surface area (Å²) >= 11 is 0. The first-order valence-corrected chi connectivity index (χ1v) is 5.56. The van der Waals surface area contributed by atoms with Crippen molar-refractivity contribution < 1.29 is 13.5 Å². The van der Waals surface area contributed by atoms with Crippen molar-refractivity contribution in [2.45, 2.75) is 31.5 Å². The number of anilines is 1. The van der Waals surface area contributed by atoms with Crippen LogP contribution in [0.25, 0.3) is 0 Å². The quantitative estimate of drug-likeness (QED) is 0.836. The fraction of sp³-hybridized carbons (Fsp3) is 0.545. The van der Waals surface area contributed by atoms with Gasteiger partial charge < -0.3 is 15.8 Å². The van der Waals surface area contributed by atoms with Crippen molar-refractivity contribution in [2.24, 2.45) is 5.73 Å². The van der Waals surface area contributed by atoms with Crippen molar-refractivity contribution in [1.82, 2.24) is 4.98 Å². The highest BCUT2D eigenvalue weighted by molar-refractivity contribution is 5.39. The van der Waals surface area contributed by atoms with Crippen LogP contribution in [-0.4, -0.2) is 29.8 Å². The van der Waals surface area contributed by atoms with Crippen LogP contribution >= 0.6 is 0 Å². The minimum absolute atomic E-state index is 0.0104. The summed E-state index contributed by atoms with van der Waals surface area (Å²) in [4.78, 5) is 3.66. The summed E-state index contributed by atoms with van der Waals surface area (Å²) in [5.74, 6) is -1.41. The third-order valence-electron chi connectivity index (χ3n) is 2.86. The van der Waals surface area contributed by atoms with Crippen LogP contribution in [0.5, 0.6) is 0 Å². The zero-order valence-corrected chi connectivity index (χ0v) is 9.49. The highest BCUT2D eigenvalue weighted by atomic mass is 19.1. The normalized spacial score (nSPS) is 27.6. The topological polar surface area (TPSA) is 60.2 Å². The maximum atomic E-state index is 13.4. The number of ether oxygens (including phenoxy) is 1. The van der Waals surface area contributed by atoms with Gasteiger partial charge in [-0.25, -0.2) is 13.8 Å². The van der Waals surface area contributed by atoms with Gasteiger partial charge in [-0.3, -0.25) is 0 Å². The number of nitrogens with zero attached hydrogens (tertiary/aromatic N) is 1. The SMILES string of the molecule is CCOC1CC(N)C1Nc1ncc(F)cc1F. The molecule has 3 unspecified atom stereocenters. The first-order chi connectivity index (χ1) is 8.11. The Bertz CT molecular complexity index is 400. The van der Waals surface area contributed by atoms with Gasteiger partial charge in [-0.05, 0) is 13.3 Å². The Morgan fingerprint density at radius 2 is 2.35 bits per heavy atom. The van der Waals surface area contributed by atoms with E-state index in [1.165, 1.54) is 0 Å². The molecule has 1 aliphatic rings. The van der Waals surface area contributed by atoms with Gasteiger partial charge in [0.1, 0.15) is 5.82 Å². The van der Waals surface area contributed by atoms with Crippen LogP contribution in [-0.2, 0) is 4.74 Å². The second kappa shape index (κ2) is 4.93. The molecule has 1 aromatic heterocycles. The standard InChI is InChI=1S/C11H15F2N3O/c1-2-17-9-4-8(14)10(9)16-11-7(13)3-6(12)5-15-11/h3,5,8-10H,2,4,14H2,1H3,(H,15,16). The van der Waals surface area contributed by atoms with E-state index < -0.39 is 11.6 Å². The van der Waals surface area contributed by atoms with Crippen LogP contribution in [0.2, 0.25) is 0 Å². The number of hydrogen-bond acceptors (Lipinski definition) is 4. The van der Waals surface area contributed by atoms with Crippen LogP contribution in [0, 0.1) is 11.6 Å². The lowest BCUT2D eigenvalue weighted by atomic mass is 9.83. The number of hydrogen-bond donors (Lipinski definition) is 2. The molecule has 0 amide bonds. The van der Waals surface area contributed by atoms with Crippen molar-refractivity contribution in [3.05, 3.63) is 23.9 Å². The van der Waals surface area contributed by atoms with E-state index in [0.717, 1.165) is 18.7 Å². The van der Waals surface area contributed by atoms with Gasteiger partial charge in [-0.2, -0.15) is 0 Å². The molecule has 1 saturated carbocycles. The number of rotatable bonds is 4. The summed E-state index contributed by atoms with van der Waals surface area (Å²) in [5.41, 5.74) is 5.80. The van der Waals surface area contributed by atoms with Gasteiger partial charge >= 0.3 is 0 Å². The predicted molar refractivity (Wildman–Crippen MR) is 59.6 cm³/mol. The van der Waals surface area contributed by atoms with E-state index in [2.05, 4.69) is 10.3 Å². The lowest BCUT2D eigenvalue weighted by Gasteiger charge is -2.42. The van der Waals surface area contributed by atoms with Crippen molar-refractivity contribution in [3.63, 3.8) is 0 Å². The average molecular weight is 243 g/mol. The molecule has 0 spiro atoms. The van der Waals surface area contributed by atoms with Crippen LogP contribution in [0.1, 0.15) is 13.3 Å². The first kappa shape index (κ1) is 12.2. The molecule has 17 heavy (non-hydrogen) atoms. The van der Waals surface area contributed by atoms with Gasteiger partial charge in [0.2, 0.25) is 0 Å².